The Labute approximate surface area is 225 Å². The highest BCUT2D eigenvalue weighted by atomic mass is 19.1. The number of halogens is 1. The summed E-state index contributed by atoms with van der Waals surface area (Å²) in [7, 11) is 3.23. The van der Waals surface area contributed by atoms with E-state index in [2.05, 4.69) is 10.6 Å². The van der Waals surface area contributed by atoms with Crippen molar-refractivity contribution in [2.24, 2.45) is 17.6 Å². The molecule has 212 valence electrons. The number of fused-ring (bicyclic) bond motifs is 3. The number of benzene rings is 1. The lowest BCUT2D eigenvalue weighted by Crippen LogP contribution is -2.62. The van der Waals surface area contributed by atoms with Gasteiger partial charge in [-0.2, -0.15) is 0 Å². The fourth-order valence-electron chi connectivity index (χ4n) is 6.15. The highest BCUT2D eigenvalue weighted by Gasteiger charge is 2.60. The molecule has 8 N–H and O–H groups in total. The molecule has 0 aliphatic heterocycles. The Hall–Kier alpha value is -3.48. The van der Waals surface area contributed by atoms with Gasteiger partial charge in [0.1, 0.15) is 22.9 Å². The molecule has 11 nitrogen and oxygen atoms in total. The molecule has 3 aliphatic rings. The van der Waals surface area contributed by atoms with Crippen molar-refractivity contribution in [1.29, 1.82) is 0 Å². The number of phenolic OH excluding ortho intramolecular Hbond substituents is 1. The van der Waals surface area contributed by atoms with Crippen molar-refractivity contribution in [3.05, 3.63) is 39.9 Å². The fraction of sp³-hybridized carbons (Fsp3) is 0.519. The van der Waals surface area contributed by atoms with E-state index in [9.17, 15) is 34.8 Å². The molecule has 1 saturated carbocycles. The van der Waals surface area contributed by atoms with E-state index >= 15 is 4.39 Å². The van der Waals surface area contributed by atoms with Crippen molar-refractivity contribution >= 4 is 29.0 Å². The zero-order chi connectivity index (χ0) is 28.8. The summed E-state index contributed by atoms with van der Waals surface area (Å²) in [6.45, 7) is 2.53. The van der Waals surface area contributed by atoms with Crippen LogP contribution in [0.3, 0.4) is 0 Å². The number of ketones is 1. The molecule has 0 aromatic heterocycles. The molecule has 39 heavy (non-hydrogen) atoms. The number of hydrogen-bond donors (Lipinski definition) is 7. The maximum atomic E-state index is 15.3. The van der Waals surface area contributed by atoms with Crippen LogP contribution in [0, 0.1) is 17.7 Å². The van der Waals surface area contributed by atoms with E-state index in [-0.39, 0.29) is 53.1 Å². The monoisotopic (exact) mass is 546 g/mol. The Morgan fingerprint density at radius 3 is 2.56 bits per heavy atom. The number of aromatic hydroxyl groups is 1. The minimum atomic E-state index is -2.19. The number of carbonyl (C=O) groups excluding carboxylic acids is 3. The number of likely N-dealkylation sites (N-methyl/N-ethyl adjacent to an activating group) is 1. The molecular formula is C27H35FN4O7. The third-order valence-corrected chi connectivity index (χ3v) is 8.03. The standard InChI is InChI=1S/C27H35FN4O7/c1-4-5-6-30-11-18(33)31-17-9-16(28)13-7-12-8-15-21(32(2)3)22(34)14(26(29)38)10-27(15,39)25(37)19(12)24(36)20(13)23(17)35/h9,12,15,21,30,34-36,39H,4-8,10-11H2,1-3H3,(H2,29,38)(H,31,33)/t12-,15-,21-,27-/m0/s1. The Kier molecular flexibility index (Phi) is 7.75. The van der Waals surface area contributed by atoms with Gasteiger partial charge in [0, 0.05) is 29.5 Å². The zero-order valence-electron chi connectivity index (χ0n) is 22.2. The van der Waals surface area contributed by atoms with E-state index < -0.39 is 64.8 Å². The number of Topliss-reactive ketones (excluding diaryl/α,β-unsaturated/α-hetero) is 1. The smallest absolute Gasteiger partial charge is 0.248 e. The molecule has 3 aliphatic carbocycles. The van der Waals surface area contributed by atoms with E-state index in [1.807, 2.05) is 6.92 Å². The summed E-state index contributed by atoms with van der Waals surface area (Å²) in [5.74, 6) is -6.47. The number of phenols is 1. The summed E-state index contributed by atoms with van der Waals surface area (Å²) in [4.78, 5) is 39.8. The number of nitrogens with one attached hydrogen (secondary N) is 2. The molecule has 2 amide bonds. The van der Waals surface area contributed by atoms with Gasteiger partial charge in [-0.1, -0.05) is 13.3 Å². The number of nitrogens with two attached hydrogens (primary N) is 1. The zero-order valence-corrected chi connectivity index (χ0v) is 22.2. The summed E-state index contributed by atoms with van der Waals surface area (Å²) in [6.07, 6.45) is 1.24. The Morgan fingerprint density at radius 1 is 1.26 bits per heavy atom. The van der Waals surface area contributed by atoms with Crippen molar-refractivity contribution in [2.75, 3.05) is 32.5 Å². The number of aliphatic hydroxyl groups is 3. The van der Waals surface area contributed by atoms with Crippen molar-refractivity contribution in [2.45, 2.75) is 50.7 Å². The van der Waals surface area contributed by atoms with Gasteiger partial charge in [-0.15, -0.1) is 0 Å². The Balaban J connectivity index is 1.74. The van der Waals surface area contributed by atoms with E-state index in [0.29, 0.717) is 6.54 Å². The molecule has 0 unspecified atom stereocenters. The molecule has 0 saturated heterocycles. The van der Waals surface area contributed by atoms with Gasteiger partial charge in [0.25, 0.3) is 0 Å². The third-order valence-electron chi connectivity index (χ3n) is 8.03. The predicted octanol–water partition coefficient (Wildman–Crippen LogP) is 1.25. The summed E-state index contributed by atoms with van der Waals surface area (Å²) < 4.78 is 15.3. The van der Waals surface area contributed by atoms with Crippen LogP contribution in [-0.4, -0.2) is 81.8 Å². The minimum Gasteiger partial charge on any atom is -0.510 e. The molecule has 0 heterocycles. The first kappa shape index (κ1) is 28.5. The maximum absolute atomic E-state index is 15.3. The van der Waals surface area contributed by atoms with Gasteiger partial charge in [-0.25, -0.2) is 4.39 Å². The number of unbranched alkanes of at least 4 members (excludes halogenated alkanes) is 1. The van der Waals surface area contributed by atoms with E-state index in [0.717, 1.165) is 18.9 Å². The molecule has 0 spiro atoms. The second kappa shape index (κ2) is 10.6. The van der Waals surface area contributed by atoms with Gasteiger partial charge >= 0.3 is 0 Å². The molecule has 4 atom stereocenters. The average molecular weight is 547 g/mol. The molecule has 12 heteroatoms. The predicted molar refractivity (Wildman–Crippen MR) is 140 cm³/mol. The SMILES string of the molecule is CCCCNCC(=O)Nc1cc(F)c2c(c1O)C(O)=C1C(=O)[C@]3(O)CC(C(N)=O)=C(O)[C@@H](N(C)C)[C@@H]3C[C@@H]1C2. The second-order valence-electron chi connectivity index (χ2n) is 10.8. The number of rotatable bonds is 8. The second-order valence-corrected chi connectivity index (χ2v) is 10.8. The molecule has 4 rings (SSSR count). The number of carbonyl (C=O) groups is 3. The van der Waals surface area contributed by atoms with Crippen LogP contribution in [0.2, 0.25) is 0 Å². The van der Waals surface area contributed by atoms with Crippen LogP contribution < -0.4 is 16.4 Å². The topological polar surface area (TPSA) is 185 Å². The number of primary amides is 1. The van der Waals surface area contributed by atoms with Crippen LogP contribution in [0.1, 0.15) is 43.7 Å². The van der Waals surface area contributed by atoms with Gasteiger partial charge in [-0.3, -0.25) is 19.3 Å². The lowest BCUT2D eigenvalue weighted by molar-refractivity contribution is -0.151. The van der Waals surface area contributed by atoms with Gasteiger partial charge < -0.3 is 36.8 Å². The Morgan fingerprint density at radius 2 is 1.95 bits per heavy atom. The van der Waals surface area contributed by atoms with Crippen molar-refractivity contribution in [1.82, 2.24) is 10.2 Å². The summed E-state index contributed by atoms with van der Waals surface area (Å²) >= 11 is 0. The first-order valence-corrected chi connectivity index (χ1v) is 13.0. The largest absolute Gasteiger partial charge is 0.510 e. The maximum Gasteiger partial charge on any atom is 0.248 e. The van der Waals surface area contributed by atoms with Crippen LogP contribution in [0.5, 0.6) is 5.75 Å². The highest BCUT2D eigenvalue weighted by molar-refractivity contribution is 6.10. The van der Waals surface area contributed by atoms with Crippen LogP contribution in [-0.2, 0) is 20.8 Å². The average Bonchev–Trinajstić information content (AvgIpc) is 2.85. The quantitative estimate of drug-likeness (QED) is 0.186. The Bertz CT molecular complexity index is 1290. The van der Waals surface area contributed by atoms with Gasteiger partial charge in [0.2, 0.25) is 11.8 Å². The van der Waals surface area contributed by atoms with Crippen molar-refractivity contribution in [3.63, 3.8) is 0 Å². The normalized spacial score (nSPS) is 26.3. The first-order valence-electron chi connectivity index (χ1n) is 13.0. The van der Waals surface area contributed by atoms with Crippen LogP contribution in [0.4, 0.5) is 10.1 Å². The van der Waals surface area contributed by atoms with Gasteiger partial charge in [0.15, 0.2) is 11.5 Å². The summed E-state index contributed by atoms with van der Waals surface area (Å²) in [6, 6.07) is 0.0379. The number of nitrogens with zero attached hydrogens (tertiary/aromatic N) is 1. The van der Waals surface area contributed by atoms with E-state index in [1.165, 1.54) is 0 Å². The molecular weight excluding hydrogens is 511 g/mol. The van der Waals surface area contributed by atoms with E-state index in [1.54, 1.807) is 19.0 Å². The number of aliphatic hydroxyl groups excluding tert-OH is 2. The lowest BCUT2D eigenvalue weighted by atomic mass is 9.57. The van der Waals surface area contributed by atoms with Crippen LogP contribution in [0.15, 0.2) is 23.0 Å². The first-order chi connectivity index (χ1) is 18.3. The third kappa shape index (κ3) is 4.77. The number of amides is 2. The highest BCUT2D eigenvalue weighted by Crippen LogP contribution is 2.53. The molecule has 1 aromatic rings. The van der Waals surface area contributed by atoms with Gasteiger partial charge in [0.05, 0.1) is 29.4 Å². The number of hydrogen-bond acceptors (Lipinski definition) is 9. The van der Waals surface area contributed by atoms with Crippen molar-refractivity contribution in [3.8, 4) is 5.75 Å². The van der Waals surface area contributed by atoms with Crippen LogP contribution >= 0.6 is 0 Å². The molecule has 0 bridgehead atoms. The van der Waals surface area contributed by atoms with Gasteiger partial charge in [-0.05, 0) is 45.8 Å². The molecule has 1 aromatic carbocycles. The summed E-state index contributed by atoms with van der Waals surface area (Å²) in [5, 5.41) is 50.0. The molecule has 0 radical (unpaired) electrons. The minimum absolute atomic E-state index is 0.0362. The number of anilines is 1. The van der Waals surface area contributed by atoms with Crippen LogP contribution in [0.25, 0.3) is 5.76 Å². The molecule has 1 fully saturated rings. The summed E-state index contributed by atoms with van der Waals surface area (Å²) in [5.41, 5.74) is 2.11. The van der Waals surface area contributed by atoms with E-state index in [4.69, 9.17) is 5.73 Å². The van der Waals surface area contributed by atoms with Crippen molar-refractivity contribution < 1.29 is 39.2 Å². The lowest BCUT2D eigenvalue weighted by Gasteiger charge is -2.51. The fourth-order valence-corrected chi connectivity index (χ4v) is 6.15.